The van der Waals surface area contributed by atoms with Crippen molar-refractivity contribution in [3.63, 3.8) is 0 Å². The predicted octanol–water partition coefficient (Wildman–Crippen LogP) is 1.98. The van der Waals surface area contributed by atoms with Crippen LogP contribution in [0.5, 0.6) is 0 Å². The largest absolute Gasteiger partial charge is 0.275 e. The van der Waals surface area contributed by atoms with Crippen LogP contribution in [0.4, 0.5) is 5.82 Å². The summed E-state index contributed by atoms with van der Waals surface area (Å²) in [6.07, 6.45) is 2.05. The van der Waals surface area contributed by atoms with Crippen molar-refractivity contribution in [1.82, 2.24) is 15.2 Å². The number of hydrogen-bond acceptors (Lipinski definition) is 4. The molecule has 0 unspecified atom stereocenters. The zero-order valence-corrected chi connectivity index (χ0v) is 12.6. The number of carbonyl (C=O) groups excluding carboxylic acids is 2. The van der Waals surface area contributed by atoms with Crippen molar-refractivity contribution >= 4 is 67.1 Å². The monoisotopic (exact) mass is 420 g/mol. The maximum Gasteiger partial charge on any atom is 0.235 e. The highest BCUT2D eigenvalue weighted by molar-refractivity contribution is 14.1. The third-order valence-electron chi connectivity index (χ3n) is 2.75. The maximum absolute atomic E-state index is 11.8. The number of rotatable bonds is 1. The molecule has 18 heavy (non-hydrogen) atoms. The van der Waals surface area contributed by atoms with E-state index in [9.17, 15) is 9.59 Å². The summed E-state index contributed by atoms with van der Waals surface area (Å²) in [5, 5.41) is 7.63. The molecule has 0 bridgehead atoms. The van der Waals surface area contributed by atoms with Crippen molar-refractivity contribution in [3.05, 3.63) is 14.4 Å². The highest BCUT2D eigenvalue weighted by Crippen LogP contribution is 2.33. The lowest BCUT2D eigenvalue weighted by Gasteiger charge is -2.13. The Morgan fingerprint density at radius 1 is 1.33 bits per heavy atom. The van der Waals surface area contributed by atoms with Crippen LogP contribution in [0.3, 0.4) is 0 Å². The van der Waals surface area contributed by atoms with Crippen LogP contribution in [-0.4, -0.2) is 27.0 Å². The number of imide groups is 1. The molecule has 1 saturated heterocycles. The fraction of sp³-hybridized carbons (Fsp3) is 0.200. The normalized spacial score (nSPS) is 16.0. The first kappa shape index (κ1) is 12.0. The van der Waals surface area contributed by atoms with Gasteiger partial charge in [-0.05, 0) is 38.5 Å². The Morgan fingerprint density at radius 2 is 2.00 bits per heavy atom. The number of aromatic nitrogens is 3. The minimum atomic E-state index is -0.215. The van der Waals surface area contributed by atoms with Crippen molar-refractivity contribution in [2.45, 2.75) is 12.8 Å². The van der Waals surface area contributed by atoms with E-state index in [2.05, 4.69) is 31.1 Å². The molecule has 1 aliphatic rings. The second kappa shape index (κ2) is 4.26. The average molecular weight is 421 g/mol. The average Bonchev–Trinajstić information content (AvgIpc) is 2.87. The number of anilines is 1. The van der Waals surface area contributed by atoms with Gasteiger partial charge in [0.15, 0.2) is 5.82 Å². The summed E-state index contributed by atoms with van der Waals surface area (Å²) in [6, 6.07) is 0. The number of H-pyrrole nitrogens is 1. The predicted molar refractivity (Wildman–Crippen MR) is 76.0 cm³/mol. The molecule has 6 nitrogen and oxygen atoms in total. The molecule has 0 aromatic carbocycles. The van der Waals surface area contributed by atoms with Crippen molar-refractivity contribution in [3.8, 4) is 0 Å². The molecule has 3 rings (SSSR count). The molecule has 2 aromatic rings. The summed E-state index contributed by atoms with van der Waals surface area (Å²) in [5.41, 5.74) is 0.733. The fourth-order valence-corrected chi connectivity index (χ4v) is 2.95. The zero-order chi connectivity index (χ0) is 12.9. The highest BCUT2D eigenvalue weighted by atomic mass is 127. The number of nitrogens with one attached hydrogen (secondary N) is 1. The summed E-state index contributed by atoms with van der Waals surface area (Å²) in [7, 11) is 0. The third kappa shape index (κ3) is 1.66. The number of amides is 2. The SMILES string of the molecule is O=C1CCC(=O)N1c1ncc(Br)c2[nH]nc(I)c12. The summed E-state index contributed by atoms with van der Waals surface area (Å²) in [5.74, 6) is -0.0694. The lowest BCUT2D eigenvalue weighted by atomic mass is 10.3. The van der Waals surface area contributed by atoms with Crippen molar-refractivity contribution in [2.24, 2.45) is 0 Å². The Morgan fingerprint density at radius 3 is 2.67 bits per heavy atom. The maximum atomic E-state index is 11.8. The smallest absolute Gasteiger partial charge is 0.235 e. The molecular weight excluding hydrogens is 415 g/mol. The van der Waals surface area contributed by atoms with Crippen molar-refractivity contribution in [2.75, 3.05) is 4.90 Å². The van der Waals surface area contributed by atoms with Gasteiger partial charge in [0.1, 0.15) is 3.70 Å². The molecule has 2 amide bonds. The van der Waals surface area contributed by atoms with Gasteiger partial charge < -0.3 is 0 Å². The lowest BCUT2D eigenvalue weighted by molar-refractivity contribution is -0.121. The number of aromatic amines is 1. The van der Waals surface area contributed by atoms with Gasteiger partial charge in [-0.2, -0.15) is 5.10 Å². The molecule has 2 aromatic heterocycles. The Bertz CT molecular complexity index is 668. The molecule has 0 saturated carbocycles. The van der Waals surface area contributed by atoms with E-state index in [4.69, 9.17) is 0 Å². The fourth-order valence-electron chi connectivity index (χ4n) is 1.93. The quantitative estimate of drug-likeness (QED) is 0.565. The standard InChI is InChI=1S/C10H6BrIN4O2/c11-4-3-13-10(7-8(4)14-15-9(7)12)16-5(17)1-2-6(16)18/h3H,1-2H2,(H,14,15). The van der Waals surface area contributed by atoms with Crippen molar-refractivity contribution < 1.29 is 9.59 Å². The number of hydrogen-bond donors (Lipinski definition) is 1. The minimum Gasteiger partial charge on any atom is -0.275 e. The molecule has 3 heterocycles. The first-order chi connectivity index (χ1) is 8.59. The Balaban J connectivity index is 2.29. The second-order valence-corrected chi connectivity index (χ2v) is 5.69. The minimum absolute atomic E-state index is 0.215. The van der Waals surface area contributed by atoms with Gasteiger partial charge in [-0.3, -0.25) is 14.7 Å². The van der Waals surface area contributed by atoms with E-state index in [1.807, 2.05) is 22.6 Å². The van der Waals surface area contributed by atoms with E-state index in [1.165, 1.54) is 0 Å². The van der Waals surface area contributed by atoms with E-state index in [-0.39, 0.29) is 24.7 Å². The molecule has 0 radical (unpaired) electrons. The number of fused-ring (bicyclic) bond motifs is 1. The molecule has 1 aliphatic heterocycles. The number of carbonyl (C=O) groups is 2. The summed E-state index contributed by atoms with van der Waals surface area (Å²) < 4.78 is 1.43. The number of pyridine rings is 1. The molecule has 0 aliphatic carbocycles. The van der Waals surface area contributed by atoms with Gasteiger partial charge in [-0.15, -0.1) is 0 Å². The summed E-state index contributed by atoms with van der Waals surface area (Å²) in [4.78, 5) is 28.9. The topological polar surface area (TPSA) is 79.0 Å². The van der Waals surface area contributed by atoms with Gasteiger partial charge in [0.2, 0.25) is 11.8 Å². The first-order valence-electron chi connectivity index (χ1n) is 5.13. The van der Waals surface area contributed by atoms with Crippen LogP contribution in [0.25, 0.3) is 10.9 Å². The summed E-state index contributed by atoms with van der Waals surface area (Å²) >= 11 is 5.40. The highest BCUT2D eigenvalue weighted by Gasteiger charge is 2.33. The molecule has 1 N–H and O–H groups in total. The van der Waals surface area contributed by atoms with Gasteiger partial charge >= 0.3 is 0 Å². The van der Waals surface area contributed by atoms with Crippen LogP contribution in [0.1, 0.15) is 12.8 Å². The number of halogens is 2. The first-order valence-corrected chi connectivity index (χ1v) is 7.00. The molecule has 0 spiro atoms. The van der Waals surface area contributed by atoms with Crippen LogP contribution in [0, 0.1) is 3.70 Å². The van der Waals surface area contributed by atoms with Gasteiger partial charge in [-0.1, -0.05) is 0 Å². The van der Waals surface area contributed by atoms with E-state index < -0.39 is 0 Å². The molecule has 1 fully saturated rings. The van der Waals surface area contributed by atoms with E-state index in [1.54, 1.807) is 6.20 Å². The lowest BCUT2D eigenvalue weighted by Crippen LogP contribution is -2.29. The number of nitrogens with zero attached hydrogens (tertiary/aromatic N) is 3. The summed E-state index contributed by atoms with van der Waals surface area (Å²) in [6.45, 7) is 0. The second-order valence-electron chi connectivity index (χ2n) is 3.82. The Hall–Kier alpha value is -1.03. The van der Waals surface area contributed by atoms with Crippen LogP contribution < -0.4 is 4.90 Å². The molecule has 8 heteroatoms. The van der Waals surface area contributed by atoms with Gasteiger partial charge in [0, 0.05) is 19.0 Å². The Kier molecular flexibility index (Phi) is 2.85. The van der Waals surface area contributed by atoms with E-state index in [0.717, 1.165) is 14.9 Å². The van der Waals surface area contributed by atoms with Gasteiger partial charge in [-0.25, -0.2) is 9.88 Å². The van der Waals surface area contributed by atoms with Crippen LogP contribution in [0.15, 0.2) is 10.7 Å². The Labute approximate surface area is 123 Å². The van der Waals surface area contributed by atoms with Crippen LogP contribution in [-0.2, 0) is 9.59 Å². The van der Waals surface area contributed by atoms with Gasteiger partial charge in [0.25, 0.3) is 0 Å². The third-order valence-corrected chi connectivity index (χ3v) is 4.13. The van der Waals surface area contributed by atoms with Crippen LogP contribution in [0.2, 0.25) is 0 Å². The van der Waals surface area contributed by atoms with E-state index in [0.29, 0.717) is 14.9 Å². The van der Waals surface area contributed by atoms with Crippen molar-refractivity contribution in [1.29, 1.82) is 0 Å². The van der Waals surface area contributed by atoms with Crippen LogP contribution >= 0.6 is 38.5 Å². The molecule has 0 atom stereocenters. The molecular formula is C10H6BrIN4O2. The van der Waals surface area contributed by atoms with Gasteiger partial charge in [0.05, 0.1) is 15.4 Å². The molecule has 92 valence electrons. The van der Waals surface area contributed by atoms with E-state index >= 15 is 0 Å². The zero-order valence-electron chi connectivity index (χ0n) is 8.91.